The largest absolute Gasteiger partial charge is 0.131 e. The Morgan fingerprint density at radius 2 is 1.82 bits per heavy atom. The Kier molecular flexibility index (Phi) is 5.85. The summed E-state index contributed by atoms with van der Waals surface area (Å²) < 4.78 is 1.13. The van der Waals surface area contributed by atoms with E-state index in [0.29, 0.717) is 5.25 Å². The summed E-state index contributed by atoms with van der Waals surface area (Å²) >= 11 is 5.32. The Bertz CT molecular complexity index is 409. The lowest BCUT2D eigenvalue weighted by atomic mass is 10.3. The molecule has 0 aromatic heterocycles. The molecule has 92 valence electrons. The molecule has 0 fully saturated rings. The summed E-state index contributed by atoms with van der Waals surface area (Å²) in [4.78, 5) is 1.30. The van der Waals surface area contributed by atoms with E-state index in [0.717, 1.165) is 10.9 Å². The van der Waals surface area contributed by atoms with Crippen LogP contribution in [-0.2, 0) is 0 Å². The summed E-state index contributed by atoms with van der Waals surface area (Å²) in [5, 5.41) is 0.419. The van der Waals surface area contributed by atoms with Gasteiger partial charge >= 0.3 is 0 Å². The van der Waals surface area contributed by atoms with Crippen molar-refractivity contribution in [3.63, 3.8) is 0 Å². The smallest absolute Gasteiger partial charge is 0.129 e. The van der Waals surface area contributed by atoms with Crippen molar-refractivity contribution < 1.29 is 0 Å². The highest BCUT2D eigenvalue weighted by molar-refractivity contribution is 9.10. The summed E-state index contributed by atoms with van der Waals surface area (Å²) in [6, 6.07) is 8.46. The van der Waals surface area contributed by atoms with Gasteiger partial charge in [0.05, 0.1) is 5.25 Å². The van der Waals surface area contributed by atoms with Gasteiger partial charge in [-0.1, -0.05) is 48.4 Å². The summed E-state index contributed by atoms with van der Waals surface area (Å²) in [6.07, 6.45) is 1.10. The van der Waals surface area contributed by atoms with Crippen LogP contribution in [0.5, 0.6) is 0 Å². The standard InChI is InChI=1S/C14H19BrSSi/c1-5-13(10-11-17(2,3)4)16-14-8-6-12(15)7-9-14/h6-9,13H,5H2,1-4H3. The lowest BCUT2D eigenvalue weighted by molar-refractivity contribution is 0.999. The number of hydrogen-bond acceptors (Lipinski definition) is 1. The molecule has 0 amide bonds. The Hall–Kier alpha value is -0.173. The van der Waals surface area contributed by atoms with Gasteiger partial charge in [0, 0.05) is 9.37 Å². The SMILES string of the molecule is CCC(C#C[Si](C)(C)C)Sc1ccc(Br)cc1. The first-order chi connectivity index (χ1) is 7.90. The molecule has 1 atom stereocenters. The second-order valence-electron chi connectivity index (χ2n) is 4.99. The van der Waals surface area contributed by atoms with E-state index in [1.54, 1.807) is 0 Å². The Morgan fingerprint density at radius 3 is 2.29 bits per heavy atom. The van der Waals surface area contributed by atoms with Gasteiger partial charge < -0.3 is 0 Å². The first-order valence-electron chi connectivity index (χ1n) is 5.85. The van der Waals surface area contributed by atoms with Crippen LogP contribution >= 0.6 is 27.7 Å². The Balaban J connectivity index is 2.69. The molecule has 1 unspecified atom stereocenters. The third-order valence-corrected chi connectivity index (χ3v) is 4.77. The molecule has 3 heteroatoms. The molecule has 0 saturated heterocycles. The van der Waals surface area contributed by atoms with Crippen LogP contribution in [0.2, 0.25) is 19.6 Å². The number of halogens is 1. The average Bonchev–Trinajstić information content (AvgIpc) is 2.25. The zero-order valence-corrected chi connectivity index (χ0v) is 14.3. The quantitative estimate of drug-likeness (QED) is 0.418. The summed E-state index contributed by atoms with van der Waals surface area (Å²) in [5.74, 6) is 3.44. The molecule has 1 rings (SSSR count). The summed E-state index contributed by atoms with van der Waals surface area (Å²) in [5.41, 5.74) is 3.46. The van der Waals surface area contributed by atoms with Gasteiger partial charge in [0.2, 0.25) is 0 Å². The van der Waals surface area contributed by atoms with Crippen molar-refractivity contribution in [2.45, 2.75) is 43.1 Å². The highest BCUT2D eigenvalue weighted by atomic mass is 79.9. The van der Waals surface area contributed by atoms with Crippen molar-refractivity contribution in [1.82, 2.24) is 0 Å². The molecule has 0 aliphatic heterocycles. The van der Waals surface area contributed by atoms with Crippen LogP contribution in [0, 0.1) is 11.5 Å². The van der Waals surface area contributed by atoms with Gasteiger partial charge in [-0.25, -0.2) is 0 Å². The van der Waals surface area contributed by atoms with Gasteiger partial charge in [0.15, 0.2) is 0 Å². The predicted octanol–water partition coefficient (Wildman–Crippen LogP) is 5.20. The van der Waals surface area contributed by atoms with E-state index in [-0.39, 0.29) is 0 Å². The molecule has 0 radical (unpaired) electrons. The highest BCUT2D eigenvalue weighted by Crippen LogP contribution is 2.26. The molecule has 0 N–H and O–H groups in total. The first kappa shape index (κ1) is 14.9. The van der Waals surface area contributed by atoms with E-state index in [9.17, 15) is 0 Å². The van der Waals surface area contributed by atoms with Crippen LogP contribution in [0.4, 0.5) is 0 Å². The zero-order chi connectivity index (χ0) is 12.9. The molecule has 0 saturated carbocycles. The molecule has 0 nitrogen and oxygen atoms in total. The Morgan fingerprint density at radius 1 is 1.24 bits per heavy atom. The van der Waals surface area contributed by atoms with E-state index >= 15 is 0 Å². The van der Waals surface area contributed by atoms with Gasteiger partial charge in [0.1, 0.15) is 8.07 Å². The van der Waals surface area contributed by atoms with E-state index < -0.39 is 8.07 Å². The molecule has 0 heterocycles. The molecule has 0 aliphatic carbocycles. The summed E-state index contributed by atoms with van der Waals surface area (Å²) in [6.45, 7) is 9.07. The van der Waals surface area contributed by atoms with Crippen LogP contribution in [0.1, 0.15) is 13.3 Å². The highest BCUT2D eigenvalue weighted by Gasteiger charge is 2.10. The molecule has 1 aromatic rings. The molecule has 17 heavy (non-hydrogen) atoms. The minimum absolute atomic E-state index is 0.419. The van der Waals surface area contributed by atoms with Gasteiger partial charge in [-0.15, -0.1) is 17.3 Å². The third-order valence-electron chi connectivity index (χ3n) is 2.07. The van der Waals surface area contributed by atoms with Crippen LogP contribution in [0.3, 0.4) is 0 Å². The maximum atomic E-state index is 3.46. The van der Waals surface area contributed by atoms with E-state index in [2.05, 4.69) is 78.2 Å². The number of thioether (sulfide) groups is 1. The molecule has 1 aromatic carbocycles. The fraction of sp³-hybridized carbons (Fsp3) is 0.429. The van der Waals surface area contributed by atoms with Crippen LogP contribution < -0.4 is 0 Å². The third kappa shape index (κ3) is 6.35. The van der Waals surface area contributed by atoms with Crippen molar-refractivity contribution in [3.8, 4) is 11.5 Å². The van der Waals surface area contributed by atoms with Crippen molar-refractivity contribution >= 4 is 35.8 Å². The molecule has 0 bridgehead atoms. The van der Waals surface area contributed by atoms with Crippen LogP contribution in [0.15, 0.2) is 33.6 Å². The zero-order valence-electron chi connectivity index (χ0n) is 10.9. The fourth-order valence-corrected chi connectivity index (χ4v) is 3.07. The normalized spacial score (nSPS) is 12.8. The molecular weight excluding hydrogens is 308 g/mol. The topological polar surface area (TPSA) is 0 Å². The minimum Gasteiger partial charge on any atom is -0.131 e. The maximum Gasteiger partial charge on any atom is 0.129 e. The lowest BCUT2D eigenvalue weighted by Crippen LogP contribution is -2.17. The van der Waals surface area contributed by atoms with Gasteiger partial charge in [-0.05, 0) is 30.7 Å². The minimum atomic E-state index is -1.24. The lowest BCUT2D eigenvalue weighted by Gasteiger charge is -2.10. The van der Waals surface area contributed by atoms with Crippen LogP contribution in [-0.4, -0.2) is 13.3 Å². The number of hydrogen-bond donors (Lipinski definition) is 0. The predicted molar refractivity (Wildman–Crippen MR) is 85.2 cm³/mol. The van der Waals surface area contributed by atoms with E-state index in [1.165, 1.54) is 4.90 Å². The summed E-state index contributed by atoms with van der Waals surface area (Å²) in [7, 11) is -1.24. The van der Waals surface area contributed by atoms with Crippen molar-refractivity contribution in [1.29, 1.82) is 0 Å². The van der Waals surface area contributed by atoms with Gasteiger partial charge in [-0.2, -0.15) is 0 Å². The second-order valence-corrected chi connectivity index (χ2v) is 11.9. The molecular formula is C14H19BrSSi. The fourth-order valence-electron chi connectivity index (χ4n) is 1.19. The second kappa shape index (κ2) is 6.68. The number of rotatable bonds is 3. The van der Waals surface area contributed by atoms with E-state index in [1.807, 2.05) is 11.8 Å². The molecule has 0 aliphatic rings. The molecule has 0 spiro atoms. The van der Waals surface area contributed by atoms with Crippen LogP contribution in [0.25, 0.3) is 0 Å². The van der Waals surface area contributed by atoms with Crippen molar-refractivity contribution in [3.05, 3.63) is 28.7 Å². The monoisotopic (exact) mass is 326 g/mol. The first-order valence-corrected chi connectivity index (χ1v) is 11.0. The maximum absolute atomic E-state index is 3.46. The van der Waals surface area contributed by atoms with Crippen molar-refractivity contribution in [2.75, 3.05) is 0 Å². The average molecular weight is 327 g/mol. The number of benzene rings is 1. The van der Waals surface area contributed by atoms with Gasteiger partial charge in [0.25, 0.3) is 0 Å². The van der Waals surface area contributed by atoms with Crippen molar-refractivity contribution in [2.24, 2.45) is 0 Å². The Labute approximate surface area is 119 Å². The van der Waals surface area contributed by atoms with Gasteiger partial charge in [-0.3, -0.25) is 0 Å². The van der Waals surface area contributed by atoms with E-state index in [4.69, 9.17) is 0 Å².